The molecule has 0 bridgehead atoms. The molecule has 0 unspecified atom stereocenters. The number of rotatable bonds is 13. The average Bonchev–Trinajstić information content (AvgIpc) is 3.44. The molecule has 4 rings (SSSR count). The normalized spacial score (nSPS) is 14.4. The van der Waals surface area contributed by atoms with Gasteiger partial charge in [-0.25, -0.2) is 4.79 Å². The number of carbonyl (C=O) groups is 2. The second-order valence-corrected chi connectivity index (χ2v) is 11.0. The minimum atomic E-state index is -0.411. The Bertz CT molecular complexity index is 1190. The standard InChI is InChI=1S/C31H40N4O3S/c1-3-34(4-2)23-26-14-15-30(39-26)29(36)22-32-18-21-35-19-16-25(17-20-35)38-31(37)33-28-13-9-8-12-27(28)24-10-6-5-7-11-24/h5-15,25,32H,3-4,16-23H2,1-2H3,(H,33,37). The van der Waals surface area contributed by atoms with Crippen LogP contribution in [0.25, 0.3) is 11.1 Å². The van der Waals surface area contributed by atoms with E-state index in [2.05, 4.69) is 40.3 Å². The van der Waals surface area contributed by atoms with Gasteiger partial charge in [0.25, 0.3) is 0 Å². The average molecular weight is 549 g/mol. The number of ether oxygens (including phenoxy) is 1. The van der Waals surface area contributed by atoms with Crippen LogP contribution >= 0.6 is 11.3 Å². The molecule has 0 atom stereocenters. The first-order valence-electron chi connectivity index (χ1n) is 13.9. The van der Waals surface area contributed by atoms with Gasteiger partial charge < -0.3 is 15.0 Å². The summed E-state index contributed by atoms with van der Waals surface area (Å²) in [4.78, 5) is 32.0. The van der Waals surface area contributed by atoms with Crippen molar-refractivity contribution in [1.82, 2.24) is 15.1 Å². The van der Waals surface area contributed by atoms with Crippen molar-refractivity contribution in [1.29, 1.82) is 0 Å². The molecule has 3 aromatic rings. The summed E-state index contributed by atoms with van der Waals surface area (Å²) in [6.45, 7) is 11.0. The maximum atomic E-state index is 12.6. The summed E-state index contributed by atoms with van der Waals surface area (Å²) in [5, 5.41) is 6.23. The van der Waals surface area contributed by atoms with E-state index >= 15 is 0 Å². The van der Waals surface area contributed by atoms with Gasteiger partial charge >= 0.3 is 6.09 Å². The van der Waals surface area contributed by atoms with Crippen LogP contribution in [0, 0.1) is 0 Å². The fourth-order valence-electron chi connectivity index (χ4n) is 4.81. The molecule has 1 aliphatic heterocycles. The number of nitrogens with one attached hydrogen (secondary N) is 2. The largest absolute Gasteiger partial charge is 0.446 e. The number of para-hydroxylation sites is 1. The lowest BCUT2D eigenvalue weighted by Crippen LogP contribution is -2.41. The summed E-state index contributed by atoms with van der Waals surface area (Å²) in [7, 11) is 0. The number of hydrogen-bond donors (Lipinski definition) is 2. The van der Waals surface area contributed by atoms with E-state index in [9.17, 15) is 9.59 Å². The molecule has 2 aromatic carbocycles. The Hall–Kier alpha value is -3.04. The number of amides is 1. The van der Waals surface area contributed by atoms with Crippen LogP contribution in [0.2, 0.25) is 0 Å². The summed E-state index contributed by atoms with van der Waals surface area (Å²) in [6, 6.07) is 21.8. The van der Waals surface area contributed by atoms with Gasteiger partial charge in [-0.2, -0.15) is 0 Å². The lowest BCUT2D eigenvalue weighted by atomic mass is 10.0. The molecule has 1 aromatic heterocycles. The molecule has 1 aliphatic rings. The molecule has 2 N–H and O–H groups in total. The van der Waals surface area contributed by atoms with Crippen molar-refractivity contribution in [3.8, 4) is 11.1 Å². The number of piperidine rings is 1. The number of nitrogens with zero attached hydrogens (tertiary/aromatic N) is 2. The zero-order valence-electron chi connectivity index (χ0n) is 23.0. The predicted octanol–water partition coefficient (Wildman–Crippen LogP) is 5.74. The Morgan fingerprint density at radius 3 is 2.44 bits per heavy atom. The monoisotopic (exact) mass is 548 g/mol. The van der Waals surface area contributed by atoms with Crippen molar-refractivity contribution in [2.45, 2.75) is 39.3 Å². The van der Waals surface area contributed by atoms with Crippen LogP contribution in [0.5, 0.6) is 0 Å². The van der Waals surface area contributed by atoms with Crippen LogP contribution in [0.3, 0.4) is 0 Å². The Labute approximate surface area is 236 Å². The lowest BCUT2D eigenvalue weighted by Gasteiger charge is -2.31. The smallest absolute Gasteiger partial charge is 0.411 e. The van der Waals surface area contributed by atoms with Crippen LogP contribution in [0.4, 0.5) is 10.5 Å². The Morgan fingerprint density at radius 1 is 0.974 bits per heavy atom. The van der Waals surface area contributed by atoms with E-state index in [1.807, 2.05) is 60.7 Å². The molecule has 2 heterocycles. The number of Topliss-reactive ketones (excluding diaryl/α,β-unsaturated/α-hetero) is 1. The van der Waals surface area contributed by atoms with Crippen molar-refractivity contribution in [2.75, 3.05) is 51.1 Å². The summed E-state index contributed by atoms with van der Waals surface area (Å²) < 4.78 is 5.74. The third kappa shape index (κ3) is 8.73. The molecule has 0 saturated carbocycles. The van der Waals surface area contributed by atoms with Crippen LogP contribution in [-0.2, 0) is 11.3 Å². The van der Waals surface area contributed by atoms with E-state index in [-0.39, 0.29) is 11.9 Å². The zero-order chi connectivity index (χ0) is 27.5. The minimum absolute atomic E-state index is 0.0935. The van der Waals surface area contributed by atoms with E-state index < -0.39 is 6.09 Å². The third-order valence-corrected chi connectivity index (χ3v) is 8.27. The third-order valence-electron chi connectivity index (χ3n) is 7.16. The van der Waals surface area contributed by atoms with Crippen LogP contribution < -0.4 is 10.6 Å². The number of hydrogen-bond acceptors (Lipinski definition) is 7. The Balaban J connectivity index is 1.13. The number of thiophene rings is 1. The van der Waals surface area contributed by atoms with Crippen LogP contribution in [0.1, 0.15) is 41.2 Å². The molecule has 0 spiro atoms. The number of anilines is 1. The highest BCUT2D eigenvalue weighted by atomic mass is 32.1. The molecule has 1 amide bonds. The highest BCUT2D eigenvalue weighted by Crippen LogP contribution is 2.28. The molecule has 7 nitrogen and oxygen atoms in total. The predicted molar refractivity (Wildman–Crippen MR) is 160 cm³/mol. The van der Waals surface area contributed by atoms with Gasteiger partial charge in [0.2, 0.25) is 0 Å². The van der Waals surface area contributed by atoms with E-state index in [1.165, 1.54) is 4.88 Å². The van der Waals surface area contributed by atoms with Gasteiger partial charge in [0.15, 0.2) is 5.78 Å². The van der Waals surface area contributed by atoms with Crippen molar-refractivity contribution in [3.63, 3.8) is 0 Å². The van der Waals surface area contributed by atoms with Crippen molar-refractivity contribution in [2.24, 2.45) is 0 Å². The highest BCUT2D eigenvalue weighted by Gasteiger charge is 2.22. The van der Waals surface area contributed by atoms with E-state index in [0.717, 1.165) is 80.3 Å². The quantitative estimate of drug-likeness (QED) is 0.210. The first kappa shape index (κ1) is 29.0. The summed E-state index contributed by atoms with van der Waals surface area (Å²) in [6.07, 6.45) is 1.10. The topological polar surface area (TPSA) is 73.9 Å². The molecule has 39 heavy (non-hydrogen) atoms. The molecule has 1 fully saturated rings. The first-order chi connectivity index (χ1) is 19.1. The number of carbonyl (C=O) groups excluding carboxylic acids is 2. The fraction of sp³-hybridized carbons (Fsp3) is 0.419. The highest BCUT2D eigenvalue weighted by molar-refractivity contribution is 7.14. The lowest BCUT2D eigenvalue weighted by molar-refractivity contribution is 0.0593. The molecule has 8 heteroatoms. The molecular formula is C31H40N4O3S. The van der Waals surface area contributed by atoms with Gasteiger partial charge in [-0.3, -0.25) is 15.0 Å². The Morgan fingerprint density at radius 2 is 1.69 bits per heavy atom. The van der Waals surface area contributed by atoms with Crippen molar-refractivity contribution in [3.05, 3.63) is 76.5 Å². The molecule has 1 saturated heterocycles. The Kier molecular flexibility index (Phi) is 11.1. The molecule has 208 valence electrons. The maximum absolute atomic E-state index is 12.6. The molecule has 0 radical (unpaired) electrons. The zero-order valence-corrected chi connectivity index (χ0v) is 23.8. The van der Waals surface area contributed by atoms with Gasteiger partial charge in [0.05, 0.1) is 17.1 Å². The van der Waals surface area contributed by atoms with Gasteiger partial charge in [-0.15, -0.1) is 11.3 Å². The minimum Gasteiger partial charge on any atom is -0.446 e. The molecule has 0 aliphatic carbocycles. The second kappa shape index (κ2) is 14.9. The fourth-order valence-corrected chi connectivity index (χ4v) is 5.80. The second-order valence-electron chi connectivity index (χ2n) is 9.81. The summed E-state index contributed by atoms with van der Waals surface area (Å²) in [5.41, 5.74) is 2.76. The van der Waals surface area contributed by atoms with E-state index in [4.69, 9.17) is 4.74 Å². The van der Waals surface area contributed by atoms with Gasteiger partial charge in [-0.05, 0) is 49.7 Å². The van der Waals surface area contributed by atoms with Crippen molar-refractivity contribution < 1.29 is 14.3 Å². The maximum Gasteiger partial charge on any atom is 0.411 e. The van der Waals surface area contributed by atoms with Crippen LogP contribution in [0.15, 0.2) is 66.7 Å². The van der Waals surface area contributed by atoms with E-state index in [0.29, 0.717) is 6.54 Å². The van der Waals surface area contributed by atoms with E-state index in [1.54, 1.807) is 11.3 Å². The first-order valence-corrected chi connectivity index (χ1v) is 14.8. The van der Waals surface area contributed by atoms with Gasteiger partial charge in [0.1, 0.15) is 6.10 Å². The van der Waals surface area contributed by atoms with Gasteiger partial charge in [0, 0.05) is 43.2 Å². The van der Waals surface area contributed by atoms with Gasteiger partial charge in [-0.1, -0.05) is 62.4 Å². The number of benzene rings is 2. The number of ketones is 1. The number of likely N-dealkylation sites (tertiary alicyclic amines) is 1. The van der Waals surface area contributed by atoms with Crippen LogP contribution in [-0.4, -0.2) is 73.6 Å². The van der Waals surface area contributed by atoms with Crippen molar-refractivity contribution >= 4 is 28.9 Å². The SMILES string of the molecule is CCN(CC)Cc1ccc(C(=O)CNCCN2CCC(OC(=O)Nc3ccccc3-c3ccccc3)CC2)s1. The summed E-state index contributed by atoms with van der Waals surface area (Å²) in [5.74, 6) is 0.151. The summed E-state index contributed by atoms with van der Waals surface area (Å²) >= 11 is 1.60. The molecular weight excluding hydrogens is 508 g/mol.